The summed E-state index contributed by atoms with van der Waals surface area (Å²) in [5.74, 6) is 3.17. The summed E-state index contributed by atoms with van der Waals surface area (Å²) in [6.45, 7) is 3.77. The van der Waals surface area contributed by atoms with Gasteiger partial charge in [0.2, 0.25) is 4.96 Å². The lowest BCUT2D eigenvalue weighted by Crippen LogP contribution is -2.23. The summed E-state index contributed by atoms with van der Waals surface area (Å²) in [5, 5.41) is 9.37. The van der Waals surface area contributed by atoms with Crippen LogP contribution in [0.5, 0.6) is 23.0 Å². The zero-order valence-electron chi connectivity index (χ0n) is 25.4. The standard InChI is InChI=1S/C35H31N5O5S/c1-3-4-16-43-27-13-10-23(19-29(27)42-2)11-15-32-36-35-40(37-32)34(41)31(46-35)21-25-22-39(26-8-6-5-7-9-26)38-33(25)24-12-14-28-30(20-24)45-18-17-44-28/h5-15,19-22H,3-4,16-18H2,1-2H3/b15-11+,31-21-. The van der Waals surface area contributed by atoms with Crippen LogP contribution >= 0.6 is 11.3 Å². The van der Waals surface area contributed by atoms with Crippen molar-refractivity contribution < 1.29 is 18.9 Å². The molecular weight excluding hydrogens is 602 g/mol. The molecule has 0 radical (unpaired) electrons. The number of hydrogen-bond acceptors (Lipinski definition) is 9. The first kappa shape index (κ1) is 29.3. The molecule has 11 heteroatoms. The van der Waals surface area contributed by atoms with Gasteiger partial charge in [0.05, 0.1) is 23.9 Å². The molecule has 7 rings (SSSR count). The maximum atomic E-state index is 13.5. The topological polar surface area (TPSA) is 102 Å². The number of unbranched alkanes of at least 4 members (excludes halogenated alkanes) is 1. The molecule has 10 nitrogen and oxygen atoms in total. The minimum Gasteiger partial charge on any atom is -0.493 e. The molecule has 232 valence electrons. The Bertz CT molecular complexity index is 2150. The third kappa shape index (κ3) is 5.96. The summed E-state index contributed by atoms with van der Waals surface area (Å²) in [6, 6.07) is 21.3. The summed E-state index contributed by atoms with van der Waals surface area (Å²) in [7, 11) is 1.62. The van der Waals surface area contributed by atoms with Crippen molar-refractivity contribution in [3.05, 3.63) is 105 Å². The van der Waals surface area contributed by atoms with Gasteiger partial charge in [-0.3, -0.25) is 4.79 Å². The Morgan fingerprint density at radius 2 is 1.80 bits per heavy atom. The van der Waals surface area contributed by atoms with Crippen LogP contribution in [0.1, 0.15) is 36.7 Å². The Hall–Kier alpha value is -5.42. The van der Waals surface area contributed by atoms with Crippen molar-refractivity contribution in [2.45, 2.75) is 19.8 Å². The summed E-state index contributed by atoms with van der Waals surface area (Å²) < 4.78 is 26.5. The summed E-state index contributed by atoms with van der Waals surface area (Å²) in [6.07, 6.45) is 9.45. The zero-order valence-corrected chi connectivity index (χ0v) is 26.2. The van der Waals surface area contributed by atoms with Crippen molar-refractivity contribution in [2.75, 3.05) is 26.9 Å². The number of aromatic nitrogens is 5. The molecule has 6 aromatic rings. The number of rotatable bonds is 10. The second kappa shape index (κ2) is 12.9. The molecule has 0 saturated carbocycles. The van der Waals surface area contributed by atoms with Crippen molar-refractivity contribution in [3.63, 3.8) is 0 Å². The monoisotopic (exact) mass is 633 g/mol. The fourth-order valence-corrected chi connectivity index (χ4v) is 5.99. The van der Waals surface area contributed by atoms with Gasteiger partial charge in [-0.15, -0.1) is 5.10 Å². The Balaban J connectivity index is 1.20. The summed E-state index contributed by atoms with van der Waals surface area (Å²) in [5.41, 5.74) is 3.89. The number of fused-ring (bicyclic) bond motifs is 2. The lowest BCUT2D eigenvalue weighted by molar-refractivity contribution is 0.171. The van der Waals surface area contributed by atoms with Crippen molar-refractivity contribution in [3.8, 4) is 39.9 Å². The number of para-hydroxylation sites is 1. The number of nitrogens with zero attached hydrogens (tertiary/aromatic N) is 5. The average molecular weight is 634 g/mol. The highest BCUT2D eigenvalue weighted by Crippen LogP contribution is 2.35. The highest BCUT2D eigenvalue weighted by molar-refractivity contribution is 7.15. The quantitative estimate of drug-likeness (QED) is 0.178. The van der Waals surface area contributed by atoms with Crippen LogP contribution in [0.4, 0.5) is 0 Å². The van der Waals surface area contributed by atoms with Crippen LogP contribution in [-0.4, -0.2) is 51.3 Å². The molecule has 0 unspecified atom stereocenters. The first-order valence-electron chi connectivity index (χ1n) is 15.0. The second-order valence-electron chi connectivity index (χ2n) is 10.6. The predicted octanol–water partition coefficient (Wildman–Crippen LogP) is 5.68. The third-order valence-electron chi connectivity index (χ3n) is 7.43. The van der Waals surface area contributed by atoms with E-state index in [4.69, 9.17) is 24.0 Å². The molecule has 3 aromatic carbocycles. The molecule has 0 bridgehead atoms. The fraction of sp³-hybridized carbons (Fsp3) is 0.200. The van der Waals surface area contributed by atoms with Crippen LogP contribution in [0.15, 0.2) is 77.7 Å². The van der Waals surface area contributed by atoms with Crippen LogP contribution < -0.4 is 29.0 Å². The van der Waals surface area contributed by atoms with Gasteiger partial charge in [-0.2, -0.15) is 14.6 Å². The third-order valence-corrected chi connectivity index (χ3v) is 8.39. The van der Waals surface area contributed by atoms with Gasteiger partial charge in [0, 0.05) is 17.3 Å². The highest BCUT2D eigenvalue weighted by atomic mass is 32.1. The van der Waals surface area contributed by atoms with Gasteiger partial charge in [-0.25, -0.2) is 4.68 Å². The van der Waals surface area contributed by atoms with E-state index in [1.54, 1.807) is 17.9 Å². The molecule has 46 heavy (non-hydrogen) atoms. The molecule has 0 amide bonds. The summed E-state index contributed by atoms with van der Waals surface area (Å²) in [4.78, 5) is 18.6. The number of hydrogen-bond donors (Lipinski definition) is 0. The number of benzene rings is 3. The first-order valence-corrected chi connectivity index (χ1v) is 15.9. The largest absolute Gasteiger partial charge is 0.493 e. The van der Waals surface area contributed by atoms with Gasteiger partial charge >= 0.3 is 0 Å². The molecule has 0 spiro atoms. The van der Waals surface area contributed by atoms with Crippen molar-refractivity contribution in [2.24, 2.45) is 0 Å². The van der Waals surface area contributed by atoms with E-state index in [0.29, 0.717) is 63.8 Å². The first-order chi connectivity index (χ1) is 22.6. The summed E-state index contributed by atoms with van der Waals surface area (Å²) >= 11 is 1.28. The van der Waals surface area contributed by atoms with Gasteiger partial charge in [0.15, 0.2) is 28.8 Å². The molecule has 1 aliphatic rings. The predicted molar refractivity (Wildman–Crippen MR) is 178 cm³/mol. The molecule has 0 saturated heterocycles. The van der Waals surface area contributed by atoms with Crippen molar-refractivity contribution in [1.82, 2.24) is 24.4 Å². The van der Waals surface area contributed by atoms with Gasteiger partial charge < -0.3 is 18.9 Å². The number of thiazole rings is 1. The van der Waals surface area contributed by atoms with Gasteiger partial charge in [0.25, 0.3) is 5.56 Å². The van der Waals surface area contributed by atoms with Crippen LogP contribution in [-0.2, 0) is 0 Å². The normalized spacial score (nSPS) is 13.1. The maximum Gasteiger partial charge on any atom is 0.291 e. The molecule has 0 atom stereocenters. The van der Waals surface area contributed by atoms with Gasteiger partial charge in [0.1, 0.15) is 18.9 Å². The Morgan fingerprint density at radius 1 is 0.957 bits per heavy atom. The Labute approximate surface area is 268 Å². The molecule has 1 aliphatic heterocycles. The SMILES string of the molecule is CCCCOc1ccc(/C=C/c2nc3s/c(=C\c4cn(-c5ccccc5)nc4-c4ccc5c(c4)OCCO5)c(=O)n3n2)cc1OC. The van der Waals surface area contributed by atoms with E-state index >= 15 is 0 Å². The van der Waals surface area contributed by atoms with Crippen LogP contribution in [0.3, 0.4) is 0 Å². The molecule has 0 N–H and O–H groups in total. The van der Waals surface area contributed by atoms with E-state index in [2.05, 4.69) is 17.0 Å². The molecular formula is C35H31N5O5S. The fourth-order valence-electron chi connectivity index (χ4n) is 5.09. The van der Waals surface area contributed by atoms with Crippen molar-refractivity contribution in [1.29, 1.82) is 0 Å². The minimum absolute atomic E-state index is 0.247. The smallest absolute Gasteiger partial charge is 0.291 e. The van der Waals surface area contributed by atoms with Crippen LogP contribution in [0.25, 0.3) is 40.1 Å². The van der Waals surface area contributed by atoms with E-state index in [9.17, 15) is 4.79 Å². The second-order valence-corrected chi connectivity index (χ2v) is 11.6. The molecule has 0 aliphatic carbocycles. The molecule has 3 aromatic heterocycles. The lowest BCUT2D eigenvalue weighted by Gasteiger charge is -2.18. The Kier molecular flexibility index (Phi) is 8.22. The van der Waals surface area contributed by atoms with Gasteiger partial charge in [-0.1, -0.05) is 55.0 Å². The lowest BCUT2D eigenvalue weighted by atomic mass is 10.1. The average Bonchev–Trinajstić information content (AvgIpc) is 3.78. The minimum atomic E-state index is -0.247. The van der Waals surface area contributed by atoms with Crippen LogP contribution in [0.2, 0.25) is 0 Å². The zero-order chi connectivity index (χ0) is 31.5. The van der Waals surface area contributed by atoms with Gasteiger partial charge in [-0.05, 0) is 66.6 Å². The van der Waals surface area contributed by atoms with E-state index in [1.807, 2.05) is 85.1 Å². The van der Waals surface area contributed by atoms with E-state index < -0.39 is 0 Å². The molecule has 4 heterocycles. The van der Waals surface area contributed by atoms with E-state index in [0.717, 1.165) is 35.2 Å². The van der Waals surface area contributed by atoms with E-state index in [-0.39, 0.29) is 5.56 Å². The number of ether oxygens (including phenoxy) is 4. The molecule has 0 fully saturated rings. The van der Waals surface area contributed by atoms with E-state index in [1.165, 1.54) is 15.9 Å². The van der Waals surface area contributed by atoms with Crippen molar-refractivity contribution >= 4 is 34.5 Å². The maximum absolute atomic E-state index is 13.5. The van der Waals surface area contributed by atoms with Crippen LogP contribution in [0, 0.1) is 0 Å². The Morgan fingerprint density at radius 3 is 2.61 bits per heavy atom. The highest BCUT2D eigenvalue weighted by Gasteiger charge is 2.18. The number of methoxy groups -OCH3 is 1.